The average molecular weight is 345 g/mol. The van der Waals surface area contributed by atoms with Gasteiger partial charge in [0.15, 0.2) is 0 Å². The van der Waals surface area contributed by atoms with E-state index < -0.39 is 0 Å². The summed E-state index contributed by atoms with van der Waals surface area (Å²) < 4.78 is 5.85. The molecule has 3 rings (SSSR count). The molecular weight excluding hydrogens is 326 g/mol. The number of ether oxygens (including phenoxy) is 1. The van der Waals surface area contributed by atoms with Gasteiger partial charge in [0.2, 0.25) is 5.91 Å². The minimum Gasteiger partial charge on any atom is -0.457 e. The van der Waals surface area contributed by atoms with Crippen molar-refractivity contribution in [1.82, 2.24) is 5.32 Å². The highest BCUT2D eigenvalue weighted by atomic mass is 32.2. The molecule has 1 amide bonds. The predicted molar refractivity (Wildman–Crippen MR) is 97.4 cm³/mol. The lowest BCUT2D eigenvalue weighted by atomic mass is 10.2. The lowest BCUT2D eigenvalue weighted by Crippen LogP contribution is -2.18. The Morgan fingerprint density at radius 3 is 2.35 bits per heavy atom. The zero-order chi connectivity index (χ0) is 16.1. The number of thioether (sulfide) groups is 2. The van der Waals surface area contributed by atoms with Crippen molar-refractivity contribution in [2.24, 2.45) is 0 Å². The molecule has 2 aromatic rings. The molecule has 2 aromatic carbocycles. The maximum atomic E-state index is 10.9. The predicted octanol–water partition coefficient (Wildman–Crippen LogP) is 4.32. The fourth-order valence-electron chi connectivity index (χ4n) is 2.00. The summed E-state index contributed by atoms with van der Waals surface area (Å²) in [5.41, 5.74) is 1.05. The molecule has 0 aliphatic carbocycles. The van der Waals surface area contributed by atoms with Gasteiger partial charge in [-0.05, 0) is 42.0 Å². The van der Waals surface area contributed by atoms with Gasteiger partial charge in [-0.3, -0.25) is 4.79 Å². The molecule has 0 bridgehead atoms. The van der Waals surface area contributed by atoms with Gasteiger partial charge < -0.3 is 10.1 Å². The number of hydrogen-bond acceptors (Lipinski definition) is 4. The monoisotopic (exact) mass is 345 g/mol. The Morgan fingerprint density at radius 1 is 1.17 bits per heavy atom. The molecule has 1 atom stereocenters. The summed E-state index contributed by atoms with van der Waals surface area (Å²) in [7, 11) is 0. The van der Waals surface area contributed by atoms with Crippen molar-refractivity contribution in [3.05, 3.63) is 54.1 Å². The fourth-order valence-corrected chi connectivity index (χ4v) is 3.81. The molecule has 120 valence electrons. The van der Waals surface area contributed by atoms with E-state index in [0.29, 0.717) is 6.54 Å². The van der Waals surface area contributed by atoms with Gasteiger partial charge in [-0.1, -0.05) is 12.1 Å². The van der Waals surface area contributed by atoms with E-state index >= 15 is 0 Å². The first-order valence-corrected chi connectivity index (χ1v) is 9.58. The molecule has 0 spiro atoms. The van der Waals surface area contributed by atoms with Crippen molar-refractivity contribution >= 4 is 29.4 Å². The van der Waals surface area contributed by atoms with Crippen molar-refractivity contribution in [3.63, 3.8) is 0 Å². The van der Waals surface area contributed by atoms with Gasteiger partial charge in [-0.25, -0.2) is 0 Å². The molecule has 0 radical (unpaired) electrons. The molecule has 1 N–H and O–H groups in total. The highest BCUT2D eigenvalue weighted by Gasteiger charge is 2.21. The Balaban J connectivity index is 1.52. The van der Waals surface area contributed by atoms with Crippen molar-refractivity contribution in [2.75, 3.05) is 11.5 Å². The molecule has 0 saturated carbocycles. The lowest BCUT2D eigenvalue weighted by Gasteiger charge is -2.08. The molecule has 1 fully saturated rings. The van der Waals surface area contributed by atoms with Crippen LogP contribution in [0.2, 0.25) is 0 Å². The van der Waals surface area contributed by atoms with E-state index in [2.05, 4.69) is 17.4 Å². The van der Waals surface area contributed by atoms with Gasteiger partial charge in [0.1, 0.15) is 11.5 Å². The largest absolute Gasteiger partial charge is 0.457 e. The van der Waals surface area contributed by atoms with Gasteiger partial charge >= 0.3 is 0 Å². The second-order valence-corrected chi connectivity index (χ2v) is 7.82. The van der Waals surface area contributed by atoms with Crippen LogP contribution in [0.5, 0.6) is 11.5 Å². The van der Waals surface area contributed by atoms with Crippen LogP contribution in [0.4, 0.5) is 0 Å². The first-order chi connectivity index (χ1) is 11.2. The van der Waals surface area contributed by atoms with Crippen LogP contribution in [-0.2, 0) is 11.3 Å². The molecule has 5 heteroatoms. The Morgan fingerprint density at radius 2 is 1.78 bits per heavy atom. The maximum Gasteiger partial charge on any atom is 0.217 e. The Kier molecular flexibility index (Phi) is 5.51. The third-order valence-corrected chi connectivity index (χ3v) is 5.72. The first-order valence-electron chi connectivity index (χ1n) is 7.55. The van der Waals surface area contributed by atoms with Gasteiger partial charge in [0.25, 0.3) is 0 Å². The standard InChI is InChI=1S/C18H19NO2S2/c1-13(20)19-10-14-2-4-15(5-3-14)21-16-6-8-17(9-7-16)22-11-18-12-23-18/h2-9,18H,10-12H2,1H3,(H,19,20). The van der Waals surface area contributed by atoms with Crippen molar-refractivity contribution < 1.29 is 9.53 Å². The number of rotatable bonds is 7. The summed E-state index contributed by atoms with van der Waals surface area (Å²) in [6, 6.07) is 16.0. The van der Waals surface area contributed by atoms with Crippen LogP contribution < -0.4 is 10.1 Å². The summed E-state index contributed by atoms with van der Waals surface area (Å²) >= 11 is 3.93. The smallest absolute Gasteiger partial charge is 0.217 e. The minimum absolute atomic E-state index is 0.0245. The summed E-state index contributed by atoms with van der Waals surface area (Å²) in [6.45, 7) is 2.06. The number of amides is 1. The molecule has 0 aromatic heterocycles. The van der Waals surface area contributed by atoms with E-state index in [9.17, 15) is 4.79 Å². The highest BCUT2D eigenvalue weighted by molar-refractivity contribution is 8.08. The average Bonchev–Trinajstić information content (AvgIpc) is 3.38. The summed E-state index contributed by atoms with van der Waals surface area (Å²) in [4.78, 5) is 12.2. The van der Waals surface area contributed by atoms with Crippen LogP contribution >= 0.6 is 23.5 Å². The van der Waals surface area contributed by atoms with Crippen LogP contribution in [0, 0.1) is 0 Å². The maximum absolute atomic E-state index is 10.9. The summed E-state index contributed by atoms with van der Waals surface area (Å²) in [5, 5.41) is 3.63. The van der Waals surface area contributed by atoms with Crippen LogP contribution in [0.3, 0.4) is 0 Å². The van der Waals surface area contributed by atoms with Gasteiger partial charge in [-0.15, -0.1) is 11.8 Å². The molecule has 1 aliphatic heterocycles. The Hall–Kier alpha value is -1.59. The zero-order valence-corrected chi connectivity index (χ0v) is 14.6. The summed E-state index contributed by atoms with van der Waals surface area (Å²) in [5.74, 6) is 4.12. The number of hydrogen-bond donors (Lipinski definition) is 1. The van der Waals surface area contributed by atoms with E-state index in [1.54, 1.807) is 0 Å². The molecule has 3 nitrogen and oxygen atoms in total. The van der Waals surface area contributed by atoms with Crippen LogP contribution in [-0.4, -0.2) is 22.7 Å². The normalized spacial score (nSPS) is 16.0. The van der Waals surface area contributed by atoms with E-state index in [1.807, 2.05) is 59.9 Å². The number of benzene rings is 2. The van der Waals surface area contributed by atoms with Crippen LogP contribution in [0.25, 0.3) is 0 Å². The van der Waals surface area contributed by atoms with Crippen molar-refractivity contribution in [1.29, 1.82) is 0 Å². The fraction of sp³-hybridized carbons (Fsp3) is 0.278. The summed E-state index contributed by atoms with van der Waals surface area (Å²) in [6.07, 6.45) is 0. The third kappa shape index (κ3) is 5.52. The molecule has 23 heavy (non-hydrogen) atoms. The van der Waals surface area contributed by atoms with Crippen LogP contribution in [0.15, 0.2) is 53.4 Å². The van der Waals surface area contributed by atoms with Crippen LogP contribution in [0.1, 0.15) is 12.5 Å². The molecule has 1 unspecified atom stereocenters. The molecule has 1 heterocycles. The zero-order valence-electron chi connectivity index (χ0n) is 13.0. The molecular formula is C18H19NO2S2. The number of carbonyl (C=O) groups is 1. The van der Waals surface area contributed by atoms with Gasteiger partial charge in [0.05, 0.1) is 0 Å². The van der Waals surface area contributed by atoms with E-state index in [-0.39, 0.29) is 5.91 Å². The van der Waals surface area contributed by atoms with Crippen molar-refractivity contribution in [3.8, 4) is 11.5 Å². The second kappa shape index (κ2) is 7.79. The highest BCUT2D eigenvalue weighted by Crippen LogP contribution is 2.35. The van der Waals surface area contributed by atoms with Crippen molar-refractivity contribution in [2.45, 2.75) is 23.6 Å². The van der Waals surface area contributed by atoms with E-state index in [0.717, 1.165) is 22.3 Å². The lowest BCUT2D eigenvalue weighted by molar-refractivity contribution is -0.119. The molecule has 1 aliphatic rings. The van der Waals surface area contributed by atoms with Gasteiger partial charge in [0, 0.05) is 35.1 Å². The Bertz CT molecular complexity index is 652. The second-order valence-electron chi connectivity index (χ2n) is 5.39. The van der Waals surface area contributed by atoms with Gasteiger partial charge in [-0.2, -0.15) is 11.8 Å². The number of nitrogens with one attached hydrogen (secondary N) is 1. The number of carbonyl (C=O) groups excluding carboxylic acids is 1. The first kappa shape index (κ1) is 16.3. The third-order valence-electron chi connectivity index (χ3n) is 3.36. The Labute approximate surface area is 145 Å². The quantitative estimate of drug-likeness (QED) is 0.599. The minimum atomic E-state index is -0.0245. The SMILES string of the molecule is CC(=O)NCc1ccc(Oc2ccc(SCC3CS3)cc2)cc1. The molecule has 1 saturated heterocycles. The van der Waals surface area contributed by atoms with E-state index in [1.165, 1.54) is 23.3 Å². The topological polar surface area (TPSA) is 38.3 Å². The van der Waals surface area contributed by atoms with E-state index in [4.69, 9.17) is 4.74 Å².